The molecule has 94 valence electrons. The zero-order chi connectivity index (χ0) is 13.2. The van der Waals surface area contributed by atoms with E-state index >= 15 is 0 Å². The smallest absolute Gasteiger partial charge is 0.329 e. The summed E-state index contributed by atoms with van der Waals surface area (Å²) < 4.78 is 5.55. The van der Waals surface area contributed by atoms with Gasteiger partial charge in [0.1, 0.15) is 11.9 Å². The molecule has 0 amide bonds. The van der Waals surface area contributed by atoms with Crippen LogP contribution in [0.3, 0.4) is 0 Å². The SMILES string of the molecule is O=[N+]([O-])c1cnccc1Oc1ccc2[nH]ccc2c1. The van der Waals surface area contributed by atoms with Crippen LogP contribution in [0.1, 0.15) is 0 Å². The fourth-order valence-corrected chi connectivity index (χ4v) is 1.82. The Kier molecular flexibility index (Phi) is 2.60. The zero-order valence-electron chi connectivity index (χ0n) is 9.74. The molecule has 0 aliphatic heterocycles. The molecule has 0 fully saturated rings. The summed E-state index contributed by atoms with van der Waals surface area (Å²) in [6.45, 7) is 0. The zero-order valence-corrected chi connectivity index (χ0v) is 9.74. The van der Waals surface area contributed by atoms with E-state index in [-0.39, 0.29) is 11.4 Å². The molecule has 0 saturated carbocycles. The monoisotopic (exact) mass is 255 g/mol. The Balaban J connectivity index is 1.98. The lowest BCUT2D eigenvalue weighted by Gasteiger charge is -2.05. The predicted octanol–water partition coefficient (Wildman–Crippen LogP) is 3.26. The average Bonchev–Trinajstić information content (AvgIpc) is 2.86. The quantitative estimate of drug-likeness (QED) is 0.575. The summed E-state index contributed by atoms with van der Waals surface area (Å²) in [5, 5.41) is 11.8. The lowest BCUT2D eigenvalue weighted by Crippen LogP contribution is -1.93. The molecule has 0 aliphatic carbocycles. The highest BCUT2D eigenvalue weighted by Gasteiger charge is 2.15. The number of aromatic nitrogens is 2. The highest BCUT2D eigenvalue weighted by atomic mass is 16.6. The largest absolute Gasteiger partial charge is 0.450 e. The van der Waals surface area contributed by atoms with Crippen LogP contribution in [0.4, 0.5) is 5.69 Å². The van der Waals surface area contributed by atoms with Crippen LogP contribution in [-0.4, -0.2) is 14.9 Å². The molecule has 1 aromatic carbocycles. The van der Waals surface area contributed by atoms with Crippen LogP contribution in [0.2, 0.25) is 0 Å². The van der Waals surface area contributed by atoms with E-state index in [1.165, 1.54) is 18.5 Å². The second-order valence-electron chi connectivity index (χ2n) is 3.93. The minimum atomic E-state index is -0.517. The molecule has 1 N–H and O–H groups in total. The van der Waals surface area contributed by atoms with Gasteiger partial charge in [-0.3, -0.25) is 15.1 Å². The molecule has 2 heterocycles. The number of hydrogen-bond acceptors (Lipinski definition) is 4. The summed E-state index contributed by atoms with van der Waals surface area (Å²) in [4.78, 5) is 17.1. The van der Waals surface area contributed by atoms with Crippen molar-refractivity contribution in [2.24, 2.45) is 0 Å². The molecule has 0 bridgehead atoms. The predicted molar refractivity (Wildman–Crippen MR) is 69.3 cm³/mol. The van der Waals surface area contributed by atoms with E-state index in [0.29, 0.717) is 5.75 Å². The Morgan fingerprint density at radius 1 is 1.26 bits per heavy atom. The third kappa shape index (κ3) is 2.11. The van der Waals surface area contributed by atoms with Gasteiger partial charge in [0, 0.05) is 29.4 Å². The molecule has 0 saturated heterocycles. The van der Waals surface area contributed by atoms with Gasteiger partial charge in [-0.05, 0) is 24.3 Å². The highest BCUT2D eigenvalue weighted by molar-refractivity contribution is 5.80. The van der Waals surface area contributed by atoms with Gasteiger partial charge in [0.15, 0.2) is 0 Å². The van der Waals surface area contributed by atoms with E-state index in [4.69, 9.17) is 4.74 Å². The van der Waals surface area contributed by atoms with E-state index in [1.54, 1.807) is 6.07 Å². The minimum Gasteiger partial charge on any atom is -0.450 e. The van der Waals surface area contributed by atoms with Gasteiger partial charge in [0.05, 0.1) is 4.92 Å². The summed E-state index contributed by atoms with van der Waals surface area (Å²) in [6, 6.07) is 8.80. The maximum atomic E-state index is 10.9. The fourth-order valence-electron chi connectivity index (χ4n) is 1.82. The first kappa shape index (κ1) is 11.2. The first-order chi connectivity index (χ1) is 9.24. The Labute approximate surface area is 107 Å². The fraction of sp³-hybridized carbons (Fsp3) is 0. The molecule has 0 spiro atoms. The van der Waals surface area contributed by atoms with E-state index in [9.17, 15) is 10.1 Å². The summed E-state index contributed by atoms with van der Waals surface area (Å²) in [6.07, 6.45) is 4.45. The van der Waals surface area contributed by atoms with Crippen LogP contribution >= 0.6 is 0 Å². The molecule has 0 radical (unpaired) electrons. The van der Waals surface area contributed by atoms with Crippen LogP contribution < -0.4 is 4.74 Å². The van der Waals surface area contributed by atoms with Crippen molar-refractivity contribution in [2.75, 3.05) is 0 Å². The van der Waals surface area contributed by atoms with Crippen molar-refractivity contribution in [1.82, 2.24) is 9.97 Å². The van der Waals surface area contributed by atoms with Gasteiger partial charge in [-0.2, -0.15) is 0 Å². The van der Waals surface area contributed by atoms with E-state index in [0.717, 1.165) is 10.9 Å². The van der Waals surface area contributed by atoms with Crippen LogP contribution in [0.5, 0.6) is 11.5 Å². The Hall–Kier alpha value is -2.89. The molecule has 6 nitrogen and oxygen atoms in total. The molecule has 19 heavy (non-hydrogen) atoms. The van der Waals surface area contributed by atoms with Crippen molar-refractivity contribution in [1.29, 1.82) is 0 Å². The van der Waals surface area contributed by atoms with E-state index in [2.05, 4.69) is 9.97 Å². The second kappa shape index (κ2) is 4.41. The normalized spacial score (nSPS) is 10.5. The minimum absolute atomic E-state index is 0.156. The van der Waals surface area contributed by atoms with Crippen molar-refractivity contribution in [3.63, 3.8) is 0 Å². The number of fused-ring (bicyclic) bond motifs is 1. The summed E-state index contributed by atoms with van der Waals surface area (Å²) in [5.74, 6) is 0.719. The van der Waals surface area contributed by atoms with Gasteiger partial charge in [-0.25, -0.2) is 0 Å². The first-order valence-electron chi connectivity index (χ1n) is 5.57. The number of rotatable bonds is 3. The molecule has 0 aliphatic rings. The van der Waals surface area contributed by atoms with Crippen LogP contribution in [0.15, 0.2) is 48.9 Å². The third-order valence-corrected chi connectivity index (χ3v) is 2.71. The van der Waals surface area contributed by atoms with Crippen LogP contribution in [-0.2, 0) is 0 Å². The summed E-state index contributed by atoms with van der Waals surface area (Å²) >= 11 is 0. The maximum absolute atomic E-state index is 10.9. The number of ether oxygens (including phenoxy) is 1. The van der Waals surface area contributed by atoms with Gasteiger partial charge < -0.3 is 9.72 Å². The molecule has 2 aromatic heterocycles. The van der Waals surface area contributed by atoms with Gasteiger partial charge in [0.25, 0.3) is 0 Å². The van der Waals surface area contributed by atoms with Crippen molar-refractivity contribution < 1.29 is 9.66 Å². The molecule has 3 aromatic rings. The third-order valence-electron chi connectivity index (χ3n) is 2.71. The van der Waals surface area contributed by atoms with Crippen molar-refractivity contribution >= 4 is 16.6 Å². The lowest BCUT2D eigenvalue weighted by molar-refractivity contribution is -0.386. The van der Waals surface area contributed by atoms with Crippen molar-refractivity contribution in [3.8, 4) is 11.5 Å². The number of aromatic amines is 1. The second-order valence-corrected chi connectivity index (χ2v) is 3.93. The Bertz CT molecular complexity index is 751. The van der Waals surface area contributed by atoms with E-state index in [1.807, 2.05) is 24.4 Å². The lowest BCUT2D eigenvalue weighted by atomic mass is 10.2. The van der Waals surface area contributed by atoms with Gasteiger partial charge in [-0.15, -0.1) is 0 Å². The molecule has 3 rings (SSSR count). The number of nitrogens with zero attached hydrogens (tertiary/aromatic N) is 2. The van der Waals surface area contributed by atoms with E-state index < -0.39 is 4.92 Å². The summed E-state index contributed by atoms with van der Waals surface area (Å²) in [7, 11) is 0. The average molecular weight is 255 g/mol. The number of benzene rings is 1. The van der Waals surface area contributed by atoms with Crippen LogP contribution in [0, 0.1) is 10.1 Å². The molecule has 6 heteroatoms. The molecular weight excluding hydrogens is 246 g/mol. The Morgan fingerprint density at radius 2 is 2.16 bits per heavy atom. The van der Waals surface area contributed by atoms with Gasteiger partial charge in [-0.1, -0.05) is 0 Å². The Morgan fingerprint density at radius 3 is 3.00 bits per heavy atom. The molecular formula is C13H9N3O3. The number of nitrogens with one attached hydrogen (secondary N) is 1. The summed E-state index contributed by atoms with van der Waals surface area (Å²) in [5.41, 5.74) is 0.827. The maximum Gasteiger partial charge on any atom is 0.329 e. The topological polar surface area (TPSA) is 81.1 Å². The molecule has 0 atom stereocenters. The van der Waals surface area contributed by atoms with Gasteiger partial charge in [0.2, 0.25) is 5.75 Å². The number of hydrogen-bond donors (Lipinski definition) is 1. The molecule has 0 unspecified atom stereocenters. The van der Waals surface area contributed by atoms with Crippen molar-refractivity contribution in [3.05, 3.63) is 59.0 Å². The first-order valence-corrected chi connectivity index (χ1v) is 5.57. The van der Waals surface area contributed by atoms with Gasteiger partial charge >= 0.3 is 5.69 Å². The van der Waals surface area contributed by atoms with Crippen molar-refractivity contribution in [2.45, 2.75) is 0 Å². The number of pyridine rings is 1. The number of nitro groups is 1. The van der Waals surface area contributed by atoms with Crippen LogP contribution in [0.25, 0.3) is 10.9 Å². The standard InChI is InChI=1S/C13H9N3O3/c17-16(18)12-8-14-5-4-13(12)19-10-1-2-11-9(7-10)3-6-15-11/h1-8,15H. The number of H-pyrrole nitrogens is 1. The highest BCUT2D eigenvalue weighted by Crippen LogP contribution is 2.31.